The Bertz CT molecular complexity index is 1710. The summed E-state index contributed by atoms with van der Waals surface area (Å²) in [6.07, 6.45) is 3.25. The van der Waals surface area contributed by atoms with E-state index in [2.05, 4.69) is 98.8 Å². The maximum atomic E-state index is 13.6. The standard InChI is InChI=1S/C36H36N2O.CO2/c1-24(2)30-10-7-11-31(20-30)34(29-16-17-29)22-36(39)32-18-19-33-25(3)37-38(35(33)21-32)23-26-12-14-28(15-13-26)27-8-5-4-6-9-27;2-1-3/h4-15,18-21,24,29,34H,16-17,22-23H2,1-3H3;/t34-;/m0./s1. The van der Waals surface area contributed by atoms with Crippen molar-refractivity contribution in [3.05, 3.63) is 125 Å². The Morgan fingerprint density at radius 3 is 2.19 bits per heavy atom. The van der Waals surface area contributed by atoms with Gasteiger partial charge in [-0.15, -0.1) is 0 Å². The number of carbonyl (C=O) groups excluding carboxylic acids is 3. The van der Waals surface area contributed by atoms with Gasteiger partial charge in [0, 0.05) is 17.4 Å². The average Bonchev–Trinajstić information content (AvgIpc) is 3.81. The summed E-state index contributed by atoms with van der Waals surface area (Å²) in [7, 11) is 0. The van der Waals surface area contributed by atoms with Crippen LogP contribution in [0.2, 0.25) is 0 Å². The summed E-state index contributed by atoms with van der Waals surface area (Å²) in [6.45, 7) is 7.18. The van der Waals surface area contributed by atoms with E-state index in [9.17, 15) is 4.79 Å². The van der Waals surface area contributed by atoms with E-state index in [1.165, 1.54) is 40.7 Å². The summed E-state index contributed by atoms with van der Waals surface area (Å²) in [5.74, 6) is 1.62. The lowest BCUT2D eigenvalue weighted by atomic mass is 9.86. The minimum Gasteiger partial charge on any atom is -0.294 e. The second-order valence-electron chi connectivity index (χ2n) is 11.5. The van der Waals surface area contributed by atoms with E-state index in [1.54, 1.807) is 0 Å². The molecule has 1 fully saturated rings. The Morgan fingerprint density at radius 1 is 0.857 bits per heavy atom. The Balaban J connectivity index is 0.00000113. The number of benzene rings is 4. The zero-order valence-electron chi connectivity index (χ0n) is 24.4. The maximum absolute atomic E-state index is 13.6. The van der Waals surface area contributed by atoms with Gasteiger partial charge >= 0.3 is 6.15 Å². The number of rotatable bonds is 9. The topological polar surface area (TPSA) is 69.0 Å². The summed E-state index contributed by atoms with van der Waals surface area (Å²) in [6, 6.07) is 34.1. The Labute approximate surface area is 247 Å². The molecule has 0 bridgehead atoms. The molecule has 0 saturated heterocycles. The minimum absolute atomic E-state index is 0.223. The fourth-order valence-electron chi connectivity index (χ4n) is 5.76. The normalized spacial score (nSPS) is 13.3. The molecule has 1 aliphatic carbocycles. The number of Topliss-reactive ketones (excluding diaryl/α,β-unsaturated/α-hetero) is 1. The van der Waals surface area contributed by atoms with E-state index >= 15 is 0 Å². The van der Waals surface area contributed by atoms with Crippen molar-refractivity contribution in [1.82, 2.24) is 9.78 Å². The predicted molar refractivity (Wildman–Crippen MR) is 165 cm³/mol. The Hall–Kier alpha value is -4.60. The van der Waals surface area contributed by atoms with Gasteiger partial charge < -0.3 is 0 Å². The molecule has 4 aromatic carbocycles. The summed E-state index contributed by atoms with van der Waals surface area (Å²) in [4.78, 5) is 29.9. The van der Waals surface area contributed by atoms with Crippen LogP contribution in [0.1, 0.15) is 77.7 Å². The first-order valence-corrected chi connectivity index (χ1v) is 14.6. The van der Waals surface area contributed by atoms with Crippen LogP contribution in [-0.2, 0) is 16.1 Å². The van der Waals surface area contributed by atoms with Crippen LogP contribution >= 0.6 is 0 Å². The van der Waals surface area contributed by atoms with Crippen LogP contribution in [0.4, 0.5) is 0 Å². The zero-order valence-corrected chi connectivity index (χ0v) is 24.4. The number of aromatic nitrogens is 2. The highest BCUT2D eigenvalue weighted by atomic mass is 16.2. The Morgan fingerprint density at radius 2 is 1.52 bits per heavy atom. The molecule has 5 nitrogen and oxygen atoms in total. The van der Waals surface area contributed by atoms with Gasteiger partial charge in [0.15, 0.2) is 5.78 Å². The molecule has 42 heavy (non-hydrogen) atoms. The lowest BCUT2D eigenvalue weighted by Gasteiger charge is -2.18. The molecule has 1 aliphatic rings. The van der Waals surface area contributed by atoms with Gasteiger partial charge in [-0.25, -0.2) is 0 Å². The summed E-state index contributed by atoms with van der Waals surface area (Å²) >= 11 is 0. The van der Waals surface area contributed by atoms with Gasteiger partial charge in [-0.1, -0.05) is 105 Å². The fourth-order valence-corrected chi connectivity index (χ4v) is 5.76. The van der Waals surface area contributed by atoms with Gasteiger partial charge in [0.1, 0.15) is 0 Å². The lowest BCUT2D eigenvalue weighted by Crippen LogP contribution is -2.10. The van der Waals surface area contributed by atoms with Gasteiger partial charge in [0.05, 0.1) is 17.8 Å². The molecule has 0 amide bonds. The maximum Gasteiger partial charge on any atom is 0.373 e. The highest BCUT2D eigenvalue weighted by Crippen LogP contribution is 2.45. The molecule has 1 atom stereocenters. The van der Waals surface area contributed by atoms with Crippen LogP contribution in [0.3, 0.4) is 0 Å². The van der Waals surface area contributed by atoms with Crippen LogP contribution in [-0.4, -0.2) is 21.7 Å². The highest BCUT2D eigenvalue weighted by molar-refractivity contribution is 6.00. The SMILES string of the molecule is Cc1nn(Cc2ccc(-c3ccccc3)cc2)c2cc(C(=O)C[C@H](c3cccc(C(C)C)c3)C3CC3)ccc12.O=C=O. The molecule has 212 valence electrons. The Kier molecular flexibility index (Phi) is 8.90. The van der Waals surface area contributed by atoms with Gasteiger partial charge in [-0.3, -0.25) is 9.48 Å². The smallest absolute Gasteiger partial charge is 0.294 e. The van der Waals surface area contributed by atoms with Gasteiger partial charge in [-0.05, 0) is 71.4 Å². The second-order valence-corrected chi connectivity index (χ2v) is 11.5. The largest absolute Gasteiger partial charge is 0.373 e. The van der Waals surface area contributed by atoms with E-state index in [-0.39, 0.29) is 11.9 Å². The van der Waals surface area contributed by atoms with E-state index in [0.717, 1.165) is 22.2 Å². The second kappa shape index (κ2) is 12.9. The third-order valence-electron chi connectivity index (χ3n) is 8.25. The third-order valence-corrected chi connectivity index (χ3v) is 8.25. The van der Waals surface area contributed by atoms with Gasteiger partial charge in [0.2, 0.25) is 0 Å². The van der Waals surface area contributed by atoms with E-state index in [0.29, 0.717) is 30.7 Å². The molecular formula is C37H36N2O3. The molecule has 0 aliphatic heterocycles. The molecule has 1 aromatic heterocycles. The van der Waals surface area contributed by atoms with Crippen molar-refractivity contribution in [2.24, 2.45) is 5.92 Å². The van der Waals surface area contributed by atoms with E-state index < -0.39 is 0 Å². The number of fused-ring (bicyclic) bond motifs is 1. The lowest BCUT2D eigenvalue weighted by molar-refractivity contribution is -0.191. The van der Waals surface area contributed by atoms with Crippen molar-refractivity contribution in [3.8, 4) is 11.1 Å². The number of aryl methyl sites for hydroxylation is 1. The molecular weight excluding hydrogens is 520 g/mol. The molecule has 1 heterocycles. The van der Waals surface area contributed by atoms with Crippen LogP contribution in [0.5, 0.6) is 0 Å². The van der Waals surface area contributed by atoms with Crippen LogP contribution < -0.4 is 0 Å². The van der Waals surface area contributed by atoms with Crippen molar-refractivity contribution in [1.29, 1.82) is 0 Å². The summed E-state index contributed by atoms with van der Waals surface area (Å²) in [5.41, 5.74) is 9.08. The molecule has 5 aromatic rings. The van der Waals surface area contributed by atoms with E-state index in [4.69, 9.17) is 14.7 Å². The number of hydrogen-bond acceptors (Lipinski definition) is 4. The van der Waals surface area contributed by atoms with Crippen molar-refractivity contribution < 1.29 is 14.4 Å². The van der Waals surface area contributed by atoms with Crippen molar-refractivity contribution in [3.63, 3.8) is 0 Å². The van der Waals surface area contributed by atoms with Gasteiger partial charge in [-0.2, -0.15) is 14.7 Å². The quantitative estimate of drug-likeness (QED) is 0.171. The number of ketones is 1. The minimum atomic E-state index is 0.223. The molecule has 0 N–H and O–H groups in total. The highest BCUT2D eigenvalue weighted by Gasteiger charge is 2.34. The first-order valence-electron chi connectivity index (χ1n) is 14.6. The monoisotopic (exact) mass is 556 g/mol. The fraction of sp³-hybridized carbons (Fsp3) is 0.270. The molecule has 6 rings (SSSR count). The van der Waals surface area contributed by atoms with Crippen molar-refractivity contribution >= 4 is 22.8 Å². The number of carbonyl (C=O) groups is 1. The first kappa shape index (κ1) is 28.9. The van der Waals surface area contributed by atoms with Crippen molar-refractivity contribution in [2.45, 2.75) is 58.4 Å². The van der Waals surface area contributed by atoms with Crippen LogP contribution in [0.15, 0.2) is 97.1 Å². The molecule has 0 spiro atoms. The summed E-state index contributed by atoms with van der Waals surface area (Å²) in [5, 5.41) is 5.95. The molecule has 0 unspecified atom stereocenters. The predicted octanol–water partition coefficient (Wildman–Crippen LogP) is 8.37. The van der Waals surface area contributed by atoms with Crippen LogP contribution in [0.25, 0.3) is 22.0 Å². The van der Waals surface area contributed by atoms with Crippen LogP contribution in [0, 0.1) is 12.8 Å². The summed E-state index contributed by atoms with van der Waals surface area (Å²) < 4.78 is 2.05. The van der Waals surface area contributed by atoms with Crippen molar-refractivity contribution in [2.75, 3.05) is 0 Å². The molecule has 1 saturated carbocycles. The molecule has 5 heteroatoms. The zero-order chi connectivity index (χ0) is 29.6. The number of nitrogens with zero attached hydrogens (tertiary/aromatic N) is 2. The van der Waals surface area contributed by atoms with Gasteiger partial charge in [0.25, 0.3) is 0 Å². The number of hydrogen-bond donors (Lipinski definition) is 0. The third kappa shape index (κ3) is 6.64. The first-order chi connectivity index (χ1) is 20.4. The average molecular weight is 557 g/mol. The van der Waals surface area contributed by atoms with E-state index in [1.807, 2.05) is 23.7 Å². The molecule has 0 radical (unpaired) electrons.